The van der Waals surface area contributed by atoms with Gasteiger partial charge in [0.15, 0.2) is 12.4 Å². The smallest absolute Gasteiger partial charge is 0.329 e. The predicted molar refractivity (Wildman–Crippen MR) is 104 cm³/mol. The van der Waals surface area contributed by atoms with Gasteiger partial charge < -0.3 is 10.1 Å². The summed E-state index contributed by atoms with van der Waals surface area (Å²) in [6.45, 7) is 2.29. The van der Waals surface area contributed by atoms with Crippen LogP contribution in [0, 0.1) is 0 Å². The van der Waals surface area contributed by atoms with Gasteiger partial charge in [-0.2, -0.15) is 0 Å². The normalized spacial score (nSPS) is 13.7. The molecule has 0 saturated carbocycles. The van der Waals surface area contributed by atoms with Crippen molar-refractivity contribution in [3.63, 3.8) is 0 Å². The Morgan fingerprint density at radius 2 is 1.69 bits per heavy atom. The number of nitrogens with zero attached hydrogens (tertiary/aromatic N) is 1. The molecule has 148 valence electrons. The number of benzene rings is 2. The van der Waals surface area contributed by atoms with Crippen molar-refractivity contribution in [1.82, 2.24) is 0 Å². The average Bonchev–Trinajstić information content (AvgIpc) is 2.96. The second-order valence-electron chi connectivity index (χ2n) is 6.49. The highest BCUT2D eigenvalue weighted by molar-refractivity contribution is 6.52. The molecule has 1 unspecified atom stereocenters. The van der Waals surface area contributed by atoms with Crippen LogP contribution in [0.25, 0.3) is 0 Å². The monoisotopic (exact) mass is 394 g/mol. The number of carbonyl (C=O) groups excluding carboxylic acids is 5. The average molecular weight is 394 g/mol. The van der Waals surface area contributed by atoms with E-state index >= 15 is 0 Å². The number of carbonyl (C=O) groups is 5. The highest BCUT2D eigenvalue weighted by atomic mass is 16.5. The van der Waals surface area contributed by atoms with E-state index in [9.17, 15) is 24.0 Å². The molecule has 1 aliphatic rings. The van der Waals surface area contributed by atoms with Gasteiger partial charge in [-0.15, -0.1) is 0 Å². The first-order valence-corrected chi connectivity index (χ1v) is 8.84. The molecule has 1 aliphatic heterocycles. The van der Waals surface area contributed by atoms with Gasteiger partial charge in [-0.1, -0.05) is 12.1 Å². The number of ether oxygens (including phenoxy) is 1. The Morgan fingerprint density at radius 3 is 2.34 bits per heavy atom. The largest absolute Gasteiger partial charge is 0.456 e. The number of nitrogens with one attached hydrogen (secondary N) is 1. The summed E-state index contributed by atoms with van der Waals surface area (Å²) in [7, 11) is 0. The first kappa shape index (κ1) is 19.9. The summed E-state index contributed by atoms with van der Waals surface area (Å²) in [5.41, 5.74) is 1.41. The highest BCUT2D eigenvalue weighted by Gasteiger charge is 2.41. The molecule has 1 heterocycles. The lowest BCUT2D eigenvalue weighted by atomic mass is 10.1. The number of Topliss-reactive ketones (excluding diaryl/α,β-unsaturated/α-hetero) is 2. The van der Waals surface area contributed by atoms with E-state index in [2.05, 4.69) is 5.32 Å². The topological polar surface area (TPSA) is 110 Å². The summed E-state index contributed by atoms with van der Waals surface area (Å²) in [4.78, 5) is 61.0. The molecule has 1 atom stereocenters. The van der Waals surface area contributed by atoms with Crippen molar-refractivity contribution in [3.8, 4) is 0 Å². The van der Waals surface area contributed by atoms with Crippen molar-refractivity contribution in [2.45, 2.75) is 19.9 Å². The van der Waals surface area contributed by atoms with Crippen molar-refractivity contribution >= 4 is 40.7 Å². The molecule has 0 saturated heterocycles. The minimum absolute atomic E-state index is 0.229. The van der Waals surface area contributed by atoms with Gasteiger partial charge in [-0.25, -0.2) is 4.79 Å². The van der Waals surface area contributed by atoms with Crippen LogP contribution in [-0.2, 0) is 19.1 Å². The van der Waals surface area contributed by atoms with Crippen molar-refractivity contribution < 1.29 is 28.7 Å². The molecule has 0 fully saturated rings. The number of hydrogen-bond acceptors (Lipinski definition) is 6. The Bertz CT molecular complexity index is 1010. The Balaban J connectivity index is 1.63. The van der Waals surface area contributed by atoms with Gasteiger partial charge in [0, 0.05) is 18.2 Å². The molecule has 2 aromatic rings. The predicted octanol–water partition coefficient (Wildman–Crippen LogP) is 1.99. The number of fused-ring (bicyclic) bond motifs is 1. The molecule has 8 nitrogen and oxygen atoms in total. The zero-order valence-electron chi connectivity index (χ0n) is 15.8. The van der Waals surface area contributed by atoms with E-state index in [-0.39, 0.29) is 11.5 Å². The quantitative estimate of drug-likeness (QED) is 0.456. The maximum atomic E-state index is 12.4. The Hall–Kier alpha value is -3.81. The molecule has 0 spiro atoms. The maximum Gasteiger partial charge on any atom is 0.329 e. The van der Waals surface area contributed by atoms with Crippen LogP contribution in [0.4, 0.5) is 11.4 Å². The van der Waals surface area contributed by atoms with E-state index in [0.717, 1.165) is 4.90 Å². The van der Waals surface area contributed by atoms with Gasteiger partial charge in [-0.3, -0.25) is 24.1 Å². The maximum absolute atomic E-state index is 12.4. The molecule has 0 aromatic heterocycles. The van der Waals surface area contributed by atoms with E-state index in [4.69, 9.17) is 4.74 Å². The van der Waals surface area contributed by atoms with Crippen LogP contribution in [0.2, 0.25) is 0 Å². The summed E-state index contributed by atoms with van der Waals surface area (Å²) in [5.74, 6) is -2.97. The second kappa shape index (κ2) is 8.05. The van der Waals surface area contributed by atoms with Gasteiger partial charge in [0.2, 0.25) is 5.91 Å². The van der Waals surface area contributed by atoms with Gasteiger partial charge >= 0.3 is 5.97 Å². The molecule has 29 heavy (non-hydrogen) atoms. The first-order chi connectivity index (χ1) is 13.8. The summed E-state index contributed by atoms with van der Waals surface area (Å²) < 4.78 is 5.06. The summed E-state index contributed by atoms with van der Waals surface area (Å²) in [6.07, 6.45) is 0. The van der Waals surface area contributed by atoms with E-state index in [0.29, 0.717) is 16.9 Å². The molecule has 0 aliphatic carbocycles. The molecule has 3 rings (SSSR count). The highest BCUT2D eigenvalue weighted by Crippen LogP contribution is 2.30. The van der Waals surface area contributed by atoms with Crippen molar-refractivity contribution in [1.29, 1.82) is 0 Å². The van der Waals surface area contributed by atoms with Crippen molar-refractivity contribution in [2.75, 3.05) is 16.8 Å². The Labute approximate surface area is 166 Å². The zero-order valence-corrected chi connectivity index (χ0v) is 15.8. The Morgan fingerprint density at radius 1 is 1.03 bits per heavy atom. The zero-order chi connectivity index (χ0) is 21.1. The van der Waals surface area contributed by atoms with Gasteiger partial charge in [0.05, 0.1) is 11.3 Å². The number of hydrogen-bond donors (Lipinski definition) is 1. The van der Waals surface area contributed by atoms with Gasteiger partial charge in [0.25, 0.3) is 11.7 Å². The van der Waals surface area contributed by atoms with E-state index in [1.807, 2.05) is 0 Å². The number of para-hydroxylation sites is 1. The molecule has 8 heteroatoms. The molecule has 2 aromatic carbocycles. The minimum atomic E-state index is -1.06. The Kier molecular flexibility index (Phi) is 5.54. The lowest BCUT2D eigenvalue weighted by Crippen LogP contribution is -2.43. The standard InChI is InChI=1S/C21H18N2O6/c1-12(23-17-6-4-3-5-16(17)19(26)20(23)27)21(28)29-11-18(25)14-7-9-15(10-8-14)22-13(2)24/h3-10,12H,11H2,1-2H3,(H,22,24). The van der Waals surface area contributed by atoms with Crippen LogP contribution in [0.3, 0.4) is 0 Å². The third-order valence-corrected chi connectivity index (χ3v) is 4.42. The summed E-state index contributed by atoms with van der Waals surface area (Å²) in [6, 6.07) is 11.4. The lowest BCUT2D eigenvalue weighted by Gasteiger charge is -2.22. The fourth-order valence-corrected chi connectivity index (χ4v) is 2.98. The number of esters is 1. The molecule has 0 bridgehead atoms. The van der Waals surface area contributed by atoms with E-state index in [1.54, 1.807) is 30.3 Å². The van der Waals surface area contributed by atoms with Gasteiger partial charge in [-0.05, 0) is 43.3 Å². The SMILES string of the molecule is CC(=O)Nc1ccc(C(=O)COC(=O)C(C)N2C(=O)C(=O)c3ccccc32)cc1. The van der Waals surface area contributed by atoms with E-state index in [1.165, 1.54) is 32.0 Å². The van der Waals surface area contributed by atoms with Crippen LogP contribution in [-0.4, -0.2) is 42.0 Å². The minimum Gasteiger partial charge on any atom is -0.456 e. The first-order valence-electron chi connectivity index (χ1n) is 8.84. The molecule has 1 N–H and O–H groups in total. The second-order valence-corrected chi connectivity index (χ2v) is 6.49. The lowest BCUT2D eigenvalue weighted by molar-refractivity contribution is -0.144. The van der Waals surface area contributed by atoms with Crippen LogP contribution >= 0.6 is 0 Å². The van der Waals surface area contributed by atoms with Crippen LogP contribution in [0.15, 0.2) is 48.5 Å². The third kappa shape index (κ3) is 4.06. The van der Waals surface area contributed by atoms with Crippen LogP contribution < -0.4 is 10.2 Å². The van der Waals surface area contributed by atoms with Gasteiger partial charge in [0.1, 0.15) is 6.04 Å². The van der Waals surface area contributed by atoms with Crippen molar-refractivity contribution in [2.24, 2.45) is 0 Å². The van der Waals surface area contributed by atoms with Crippen LogP contribution in [0.5, 0.6) is 0 Å². The van der Waals surface area contributed by atoms with E-state index < -0.39 is 36.1 Å². The third-order valence-electron chi connectivity index (χ3n) is 4.42. The number of amides is 2. The number of rotatable bonds is 6. The fraction of sp³-hybridized carbons (Fsp3) is 0.190. The fourth-order valence-electron chi connectivity index (χ4n) is 2.98. The summed E-state index contributed by atoms with van der Waals surface area (Å²) >= 11 is 0. The molecular formula is C21H18N2O6. The number of anilines is 2. The molecule has 0 radical (unpaired) electrons. The molecule has 2 amide bonds. The summed E-state index contributed by atoms with van der Waals surface area (Å²) in [5, 5.41) is 2.58. The van der Waals surface area contributed by atoms with Crippen molar-refractivity contribution in [3.05, 3.63) is 59.7 Å². The van der Waals surface area contributed by atoms with Crippen LogP contribution in [0.1, 0.15) is 34.6 Å². The number of ketones is 2. The molecular weight excluding hydrogens is 376 g/mol.